The van der Waals surface area contributed by atoms with Crippen LogP contribution >= 0.6 is 11.8 Å². The van der Waals surface area contributed by atoms with Crippen LogP contribution in [0.3, 0.4) is 0 Å². The summed E-state index contributed by atoms with van der Waals surface area (Å²) < 4.78 is 0. The van der Waals surface area contributed by atoms with Crippen molar-refractivity contribution in [3.05, 3.63) is 35.4 Å². The summed E-state index contributed by atoms with van der Waals surface area (Å²) in [5.41, 5.74) is 3.42. The Balaban J connectivity index is 1.56. The van der Waals surface area contributed by atoms with Crippen molar-refractivity contribution in [2.75, 3.05) is 25.4 Å². The molecule has 0 radical (unpaired) electrons. The summed E-state index contributed by atoms with van der Waals surface area (Å²) in [6.07, 6.45) is 2.10. The summed E-state index contributed by atoms with van der Waals surface area (Å²) >= 11 is 1.52. The van der Waals surface area contributed by atoms with Gasteiger partial charge in [-0.3, -0.25) is 4.79 Å². The Morgan fingerprint density at radius 1 is 1.28 bits per heavy atom. The molecule has 1 aliphatic rings. The first-order valence-electron chi connectivity index (χ1n) is 9.07. The fraction of sp³-hybridized carbons (Fsp3) is 0.500. The van der Waals surface area contributed by atoms with Crippen molar-refractivity contribution in [3.8, 4) is 0 Å². The number of nitrogens with one attached hydrogen (secondary N) is 1. The summed E-state index contributed by atoms with van der Waals surface area (Å²) in [6, 6.07) is 8.74. The summed E-state index contributed by atoms with van der Waals surface area (Å²) in [7, 11) is 0. The molecule has 1 fully saturated rings. The van der Waals surface area contributed by atoms with Crippen LogP contribution in [-0.2, 0) is 4.79 Å². The molecule has 1 aliphatic heterocycles. The first kappa shape index (κ1) is 18.2. The van der Waals surface area contributed by atoms with E-state index in [2.05, 4.69) is 55.3 Å². The molecule has 0 atom stereocenters. The third-order valence-electron chi connectivity index (χ3n) is 4.90. The van der Waals surface area contributed by atoms with Crippen LogP contribution in [0.4, 0.5) is 0 Å². The Kier molecular flexibility index (Phi) is 5.97. The van der Waals surface area contributed by atoms with Gasteiger partial charge >= 0.3 is 0 Å². The van der Waals surface area contributed by atoms with Crippen LogP contribution in [0.2, 0.25) is 0 Å². The quantitative estimate of drug-likeness (QED) is 0.832. The van der Waals surface area contributed by atoms with E-state index in [9.17, 15) is 4.79 Å². The molecule has 0 aliphatic carbocycles. The van der Waals surface area contributed by atoms with Crippen LogP contribution in [0.1, 0.15) is 30.9 Å². The first-order chi connectivity index (χ1) is 12.0. The first-order valence-corrected chi connectivity index (χ1v) is 10.1. The van der Waals surface area contributed by atoms with Crippen LogP contribution in [0, 0.1) is 13.8 Å². The second-order valence-electron chi connectivity index (χ2n) is 6.86. The van der Waals surface area contributed by atoms with Crippen molar-refractivity contribution in [2.45, 2.75) is 44.7 Å². The van der Waals surface area contributed by atoms with Crippen LogP contribution in [0.15, 0.2) is 29.3 Å². The predicted octanol–water partition coefficient (Wildman–Crippen LogP) is 3.54. The van der Waals surface area contributed by atoms with E-state index in [-0.39, 0.29) is 5.91 Å². The minimum Gasteiger partial charge on any atom is -0.353 e. The molecule has 1 amide bonds. The molecular formula is C20H27N3OS. The lowest BCUT2D eigenvalue weighted by atomic mass is 10.1. The van der Waals surface area contributed by atoms with E-state index in [4.69, 9.17) is 4.98 Å². The van der Waals surface area contributed by atoms with E-state index in [0.717, 1.165) is 43.0 Å². The van der Waals surface area contributed by atoms with Crippen molar-refractivity contribution in [2.24, 2.45) is 0 Å². The van der Waals surface area contributed by atoms with Gasteiger partial charge in [0.05, 0.1) is 16.3 Å². The highest BCUT2D eigenvalue weighted by atomic mass is 32.2. The van der Waals surface area contributed by atoms with E-state index in [0.29, 0.717) is 11.8 Å². The number of rotatable bonds is 5. The highest BCUT2D eigenvalue weighted by Crippen LogP contribution is 2.24. The standard InChI is InChI=1S/C20H27N3OS/c1-4-23-9-7-16(8-10-23)21-19(24)13-25-20-12-15(3)17-6-5-14(2)11-18(17)22-20/h5-6,11-12,16H,4,7-10,13H2,1-3H3,(H,21,24). The molecule has 0 unspecified atom stereocenters. The molecule has 1 aromatic carbocycles. The van der Waals surface area contributed by atoms with Crippen molar-refractivity contribution in [1.29, 1.82) is 0 Å². The third-order valence-corrected chi connectivity index (χ3v) is 5.81. The van der Waals surface area contributed by atoms with Crippen LogP contribution in [0.25, 0.3) is 10.9 Å². The van der Waals surface area contributed by atoms with Crippen molar-refractivity contribution >= 4 is 28.6 Å². The van der Waals surface area contributed by atoms with Gasteiger partial charge in [-0.1, -0.05) is 30.8 Å². The largest absolute Gasteiger partial charge is 0.353 e. The minimum atomic E-state index is 0.115. The lowest BCUT2D eigenvalue weighted by Crippen LogP contribution is -2.45. The number of benzene rings is 1. The second-order valence-corrected chi connectivity index (χ2v) is 7.86. The number of nitrogens with zero attached hydrogens (tertiary/aromatic N) is 2. The fourth-order valence-corrected chi connectivity index (χ4v) is 4.14. The number of hydrogen-bond donors (Lipinski definition) is 1. The van der Waals surface area contributed by atoms with Gasteiger partial charge in [0.15, 0.2) is 0 Å². The molecule has 0 spiro atoms. The molecule has 3 rings (SSSR count). The molecular weight excluding hydrogens is 330 g/mol. The van der Waals surface area contributed by atoms with Crippen molar-refractivity contribution in [3.63, 3.8) is 0 Å². The van der Waals surface area contributed by atoms with Crippen molar-refractivity contribution < 1.29 is 4.79 Å². The summed E-state index contributed by atoms with van der Waals surface area (Å²) in [4.78, 5) is 19.4. The van der Waals surface area contributed by atoms with Gasteiger partial charge in [0.2, 0.25) is 5.91 Å². The average Bonchev–Trinajstić information content (AvgIpc) is 2.60. The number of piperidine rings is 1. The molecule has 1 N–H and O–H groups in total. The number of thioether (sulfide) groups is 1. The lowest BCUT2D eigenvalue weighted by molar-refractivity contribution is -0.119. The van der Waals surface area contributed by atoms with E-state index >= 15 is 0 Å². The number of likely N-dealkylation sites (tertiary alicyclic amines) is 1. The smallest absolute Gasteiger partial charge is 0.230 e. The Bertz CT molecular complexity index is 754. The molecule has 1 aromatic heterocycles. The molecule has 1 saturated heterocycles. The number of carbonyl (C=O) groups excluding carboxylic acids is 1. The number of amides is 1. The Labute approximate surface area is 154 Å². The van der Waals surface area contributed by atoms with Gasteiger partial charge in [0.1, 0.15) is 0 Å². The lowest BCUT2D eigenvalue weighted by Gasteiger charge is -2.31. The van der Waals surface area contributed by atoms with Gasteiger partial charge in [-0.25, -0.2) is 4.98 Å². The van der Waals surface area contributed by atoms with Gasteiger partial charge in [0.25, 0.3) is 0 Å². The van der Waals surface area contributed by atoms with Gasteiger partial charge in [0, 0.05) is 24.5 Å². The highest BCUT2D eigenvalue weighted by Gasteiger charge is 2.19. The maximum atomic E-state index is 12.3. The zero-order valence-electron chi connectivity index (χ0n) is 15.3. The normalized spacial score (nSPS) is 16.3. The Morgan fingerprint density at radius 2 is 2.04 bits per heavy atom. The number of aromatic nitrogens is 1. The maximum absolute atomic E-state index is 12.3. The number of carbonyl (C=O) groups is 1. The number of hydrogen-bond acceptors (Lipinski definition) is 4. The topological polar surface area (TPSA) is 45.2 Å². The monoisotopic (exact) mass is 357 g/mol. The van der Waals surface area contributed by atoms with E-state index in [1.807, 2.05) is 0 Å². The van der Waals surface area contributed by atoms with E-state index < -0.39 is 0 Å². The van der Waals surface area contributed by atoms with E-state index in [1.165, 1.54) is 28.3 Å². The zero-order valence-corrected chi connectivity index (χ0v) is 16.2. The minimum absolute atomic E-state index is 0.115. The van der Waals surface area contributed by atoms with Crippen LogP contribution in [-0.4, -0.2) is 47.2 Å². The summed E-state index contributed by atoms with van der Waals surface area (Å²) in [5.74, 6) is 0.543. The molecule has 134 valence electrons. The number of aryl methyl sites for hydroxylation is 2. The molecule has 5 heteroatoms. The molecule has 0 saturated carbocycles. The predicted molar refractivity (Wildman–Crippen MR) is 105 cm³/mol. The van der Waals surface area contributed by atoms with Gasteiger partial charge in [-0.2, -0.15) is 0 Å². The molecule has 4 nitrogen and oxygen atoms in total. The molecule has 25 heavy (non-hydrogen) atoms. The van der Waals surface area contributed by atoms with Gasteiger partial charge in [-0.15, -0.1) is 0 Å². The number of pyridine rings is 1. The Morgan fingerprint density at radius 3 is 2.76 bits per heavy atom. The molecule has 0 bridgehead atoms. The third kappa shape index (κ3) is 4.73. The zero-order chi connectivity index (χ0) is 17.8. The average molecular weight is 358 g/mol. The SMILES string of the molecule is CCN1CCC(NC(=O)CSc2cc(C)c3ccc(C)cc3n2)CC1. The van der Waals surface area contributed by atoms with Gasteiger partial charge < -0.3 is 10.2 Å². The summed E-state index contributed by atoms with van der Waals surface area (Å²) in [5, 5.41) is 5.29. The van der Waals surface area contributed by atoms with Crippen LogP contribution in [0.5, 0.6) is 0 Å². The van der Waals surface area contributed by atoms with Gasteiger partial charge in [-0.05, 0) is 56.5 Å². The molecule has 2 aromatic rings. The highest BCUT2D eigenvalue weighted by molar-refractivity contribution is 7.99. The second kappa shape index (κ2) is 8.19. The van der Waals surface area contributed by atoms with Crippen LogP contribution < -0.4 is 5.32 Å². The maximum Gasteiger partial charge on any atom is 0.230 e. The number of fused-ring (bicyclic) bond motifs is 1. The fourth-order valence-electron chi connectivity index (χ4n) is 3.36. The summed E-state index contributed by atoms with van der Waals surface area (Å²) in [6.45, 7) is 9.63. The van der Waals surface area contributed by atoms with E-state index in [1.54, 1.807) is 0 Å². The van der Waals surface area contributed by atoms with Crippen molar-refractivity contribution in [1.82, 2.24) is 15.2 Å². The Hall–Kier alpha value is -1.59. The molecule has 2 heterocycles.